The normalized spacial score (nSPS) is 11.7. The van der Waals surface area contributed by atoms with Gasteiger partial charge in [0.05, 0.1) is 23.6 Å². The number of halogens is 4. The van der Waals surface area contributed by atoms with Gasteiger partial charge in [0.2, 0.25) is 0 Å². The van der Waals surface area contributed by atoms with Crippen LogP contribution in [0.5, 0.6) is 0 Å². The molecule has 0 saturated heterocycles. The summed E-state index contributed by atoms with van der Waals surface area (Å²) in [7, 11) is 1.55. The first-order valence-corrected chi connectivity index (χ1v) is 6.70. The zero-order valence-electron chi connectivity index (χ0n) is 11.2. The third kappa shape index (κ3) is 3.74. The van der Waals surface area contributed by atoms with Crippen molar-refractivity contribution in [3.8, 4) is 11.3 Å². The van der Waals surface area contributed by atoms with Crippen molar-refractivity contribution in [2.75, 3.05) is 7.11 Å². The van der Waals surface area contributed by atoms with Gasteiger partial charge in [-0.05, 0) is 23.8 Å². The first-order valence-electron chi connectivity index (χ1n) is 6.17. The Morgan fingerprint density at radius 1 is 1.10 bits per heavy atom. The molecule has 0 atom stereocenters. The number of benzene rings is 1. The van der Waals surface area contributed by atoms with E-state index < -0.39 is 11.7 Å². The van der Waals surface area contributed by atoms with Gasteiger partial charge in [0, 0.05) is 18.6 Å². The van der Waals surface area contributed by atoms with Crippen LogP contribution in [0.3, 0.4) is 0 Å². The Hall–Kier alpha value is -1.59. The number of rotatable bonds is 4. The molecule has 0 aliphatic carbocycles. The van der Waals surface area contributed by atoms with Crippen LogP contribution in [0.1, 0.15) is 16.8 Å². The minimum Gasteiger partial charge on any atom is -0.378 e. The van der Waals surface area contributed by atoms with Crippen LogP contribution in [0.25, 0.3) is 11.3 Å². The molecule has 21 heavy (non-hydrogen) atoms. The minimum absolute atomic E-state index is 0.302. The lowest BCUT2D eigenvalue weighted by Gasteiger charge is -2.10. The van der Waals surface area contributed by atoms with E-state index in [0.717, 1.165) is 17.7 Å². The van der Waals surface area contributed by atoms with Crippen LogP contribution >= 0.6 is 11.6 Å². The second-order valence-corrected chi connectivity index (χ2v) is 4.71. The fourth-order valence-electron chi connectivity index (χ4n) is 1.90. The minimum atomic E-state index is -4.34. The summed E-state index contributed by atoms with van der Waals surface area (Å²) >= 11 is 5.82. The third-order valence-corrected chi connectivity index (χ3v) is 3.29. The van der Waals surface area contributed by atoms with Crippen LogP contribution < -0.4 is 0 Å². The van der Waals surface area contributed by atoms with Crippen LogP contribution in [0.15, 0.2) is 36.4 Å². The van der Waals surface area contributed by atoms with E-state index in [1.165, 1.54) is 12.1 Å². The summed E-state index contributed by atoms with van der Waals surface area (Å²) in [5.74, 6) is 0.305. The third-order valence-electron chi connectivity index (χ3n) is 3.00. The van der Waals surface area contributed by atoms with Gasteiger partial charge in [-0.1, -0.05) is 18.2 Å². The molecule has 0 spiro atoms. The average Bonchev–Trinajstić information content (AvgIpc) is 2.47. The summed E-state index contributed by atoms with van der Waals surface area (Å²) in [6.45, 7) is 0.302. The molecule has 0 saturated carbocycles. The Balaban J connectivity index is 2.35. The lowest BCUT2D eigenvalue weighted by molar-refractivity contribution is -0.137. The molecular formula is C15H13ClF3NO. The highest BCUT2D eigenvalue weighted by Crippen LogP contribution is 2.30. The van der Waals surface area contributed by atoms with E-state index in [-0.39, 0.29) is 0 Å². The molecule has 1 aromatic carbocycles. The van der Waals surface area contributed by atoms with Gasteiger partial charge in [0.25, 0.3) is 0 Å². The van der Waals surface area contributed by atoms with Crippen LogP contribution in [0.2, 0.25) is 0 Å². The summed E-state index contributed by atoms with van der Waals surface area (Å²) in [6.07, 6.45) is -4.34. The molecule has 2 aromatic rings. The molecule has 0 bridgehead atoms. The molecule has 2 rings (SSSR count). The standard InChI is InChI=1S/C15H13ClF3NO/c1-21-9-14-11(8-16)4-7-13(20-14)10-2-5-12(6-3-10)15(17,18)19/h2-7H,8-9H2,1H3. The van der Waals surface area contributed by atoms with Crippen molar-refractivity contribution in [1.82, 2.24) is 4.98 Å². The molecule has 0 fully saturated rings. The first-order chi connectivity index (χ1) is 9.95. The number of ether oxygens (including phenoxy) is 1. The summed E-state index contributed by atoms with van der Waals surface area (Å²) in [5, 5.41) is 0. The molecule has 0 unspecified atom stereocenters. The second kappa shape index (κ2) is 6.45. The fraction of sp³-hybridized carbons (Fsp3) is 0.267. The number of pyridine rings is 1. The van der Waals surface area contributed by atoms with Gasteiger partial charge in [0.15, 0.2) is 0 Å². The van der Waals surface area contributed by atoms with Gasteiger partial charge in [-0.2, -0.15) is 13.2 Å². The Morgan fingerprint density at radius 3 is 2.29 bits per heavy atom. The van der Waals surface area contributed by atoms with E-state index in [2.05, 4.69) is 4.98 Å². The molecule has 0 aliphatic rings. The Labute approximate surface area is 125 Å². The van der Waals surface area contributed by atoms with Gasteiger partial charge in [0.1, 0.15) is 0 Å². The summed E-state index contributed by atoms with van der Waals surface area (Å²) < 4.78 is 42.7. The lowest BCUT2D eigenvalue weighted by Crippen LogP contribution is -2.04. The smallest absolute Gasteiger partial charge is 0.378 e. The van der Waals surface area contributed by atoms with Crippen molar-refractivity contribution in [2.24, 2.45) is 0 Å². The zero-order valence-corrected chi connectivity index (χ0v) is 12.0. The van der Waals surface area contributed by atoms with Crippen molar-refractivity contribution in [2.45, 2.75) is 18.7 Å². The van der Waals surface area contributed by atoms with Crippen molar-refractivity contribution < 1.29 is 17.9 Å². The fourth-order valence-corrected chi connectivity index (χ4v) is 2.15. The van der Waals surface area contributed by atoms with Crippen LogP contribution in [-0.4, -0.2) is 12.1 Å². The molecule has 0 amide bonds. The Morgan fingerprint density at radius 2 is 1.76 bits per heavy atom. The number of aromatic nitrogens is 1. The van der Waals surface area contributed by atoms with Gasteiger partial charge < -0.3 is 4.74 Å². The maximum atomic E-state index is 12.5. The van der Waals surface area contributed by atoms with E-state index in [0.29, 0.717) is 29.4 Å². The summed E-state index contributed by atoms with van der Waals surface area (Å²) in [5.41, 5.74) is 2.05. The molecule has 0 radical (unpaired) electrons. The van der Waals surface area contributed by atoms with E-state index in [1.54, 1.807) is 19.2 Å². The Kier molecular flexibility index (Phi) is 4.85. The topological polar surface area (TPSA) is 22.1 Å². The number of hydrogen-bond donors (Lipinski definition) is 0. The van der Waals surface area contributed by atoms with E-state index in [9.17, 15) is 13.2 Å². The van der Waals surface area contributed by atoms with Gasteiger partial charge in [-0.3, -0.25) is 4.98 Å². The average molecular weight is 316 g/mol. The molecule has 1 aromatic heterocycles. The largest absolute Gasteiger partial charge is 0.416 e. The van der Waals surface area contributed by atoms with Crippen LogP contribution in [0.4, 0.5) is 13.2 Å². The van der Waals surface area contributed by atoms with Crippen molar-refractivity contribution in [3.05, 3.63) is 53.2 Å². The monoisotopic (exact) mass is 315 g/mol. The molecule has 112 valence electrons. The quantitative estimate of drug-likeness (QED) is 0.766. The lowest BCUT2D eigenvalue weighted by atomic mass is 10.1. The molecule has 0 aliphatic heterocycles. The Bertz CT molecular complexity index is 611. The summed E-state index contributed by atoms with van der Waals surface area (Å²) in [6, 6.07) is 8.44. The number of nitrogens with zero attached hydrogens (tertiary/aromatic N) is 1. The van der Waals surface area contributed by atoms with Crippen LogP contribution in [-0.2, 0) is 23.4 Å². The van der Waals surface area contributed by atoms with E-state index in [1.807, 2.05) is 0 Å². The first kappa shape index (κ1) is 15.8. The molecule has 0 N–H and O–H groups in total. The number of hydrogen-bond acceptors (Lipinski definition) is 2. The second-order valence-electron chi connectivity index (χ2n) is 4.44. The van der Waals surface area contributed by atoms with E-state index >= 15 is 0 Å². The predicted molar refractivity (Wildman–Crippen MR) is 74.9 cm³/mol. The highest BCUT2D eigenvalue weighted by molar-refractivity contribution is 6.17. The van der Waals surface area contributed by atoms with Crippen LogP contribution in [0, 0.1) is 0 Å². The van der Waals surface area contributed by atoms with Gasteiger partial charge in [-0.15, -0.1) is 11.6 Å². The molecule has 2 nitrogen and oxygen atoms in total. The highest BCUT2D eigenvalue weighted by Gasteiger charge is 2.30. The molecular weight excluding hydrogens is 303 g/mol. The zero-order chi connectivity index (χ0) is 15.5. The highest BCUT2D eigenvalue weighted by atomic mass is 35.5. The van der Waals surface area contributed by atoms with Crippen molar-refractivity contribution >= 4 is 11.6 Å². The maximum Gasteiger partial charge on any atom is 0.416 e. The maximum absolute atomic E-state index is 12.5. The molecule has 6 heteroatoms. The predicted octanol–water partition coefficient (Wildman–Crippen LogP) is 4.65. The molecule has 1 heterocycles. The SMILES string of the molecule is COCc1nc(-c2ccc(C(F)(F)F)cc2)ccc1CCl. The van der Waals surface area contributed by atoms with Crippen molar-refractivity contribution in [3.63, 3.8) is 0 Å². The summed E-state index contributed by atoms with van der Waals surface area (Å²) in [4.78, 5) is 4.40. The number of alkyl halides is 4. The van der Waals surface area contributed by atoms with Crippen molar-refractivity contribution in [1.29, 1.82) is 0 Å². The van der Waals surface area contributed by atoms with E-state index in [4.69, 9.17) is 16.3 Å². The number of methoxy groups -OCH3 is 1. The van der Waals surface area contributed by atoms with Gasteiger partial charge >= 0.3 is 6.18 Å². The van der Waals surface area contributed by atoms with Gasteiger partial charge in [-0.25, -0.2) is 0 Å².